The van der Waals surface area contributed by atoms with Crippen molar-refractivity contribution in [3.05, 3.63) is 63.5 Å². The van der Waals surface area contributed by atoms with Crippen LogP contribution >= 0.6 is 28.1 Å². The number of H-pyrrole nitrogens is 1. The molecule has 0 atom stereocenters. The van der Waals surface area contributed by atoms with Crippen LogP contribution in [0.3, 0.4) is 0 Å². The van der Waals surface area contributed by atoms with Crippen molar-refractivity contribution >= 4 is 34.4 Å². The van der Waals surface area contributed by atoms with Crippen molar-refractivity contribution in [3.8, 4) is 11.5 Å². The summed E-state index contributed by atoms with van der Waals surface area (Å²) in [6.07, 6.45) is 3.43. The van der Waals surface area contributed by atoms with Crippen LogP contribution in [0.2, 0.25) is 0 Å². The third-order valence-electron chi connectivity index (χ3n) is 2.72. The van der Waals surface area contributed by atoms with Gasteiger partial charge in [0, 0.05) is 10.7 Å². The summed E-state index contributed by atoms with van der Waals surface area (Å²) in [4.78, 5) is 4.26. The molecule has 3 aromatic rings. The second-order valence-electron chi connectivity index (χ2n) is 4.18. The van der Waals surface area contributed by atoms with Crippen molar-refractivity contribution in [2.24, 2.45) is 5.10 Å². The van der Waals surface area contributed by atoms with E-state index in [4.69, 9.17) is 12.2 Å². The molecule has 0 bridgehead atoms. The molecule has 0 unspecified atom stereocenters. The fourth-order valence-corrected chi connectivity index (χ4v) is 2.37. The third kappa shape index (κ3) is 3.14. The molecule has 5 nitrogen and oxygen atoms in total. The van der Waals surface area contributed by atoms with Crippen molar-refractivity contribution in [3.63, 3.8) is 0 Å². The molecule has 0 radical (unpaired) electrons. The molecule has 3 rings (SSSR count). The van der Waals surface area contributed by atoms with Crippen molar-refractivity contribution < 1.29 is 0 Å². The highest BCUT2D eigenvalue weighted by atomic mass is 79.9. The maximum Gasteiger partial charge on any atom is 0.216 e. The predicted molar refractivity (Wildman–Crippen MR) is 87.8 cm³/mol. The number of aromatic amines is 1. The standard InChI is InChI=1S/C14H10BrN5S/c15-11-5-3-4-10(8-11)9-17-20-13(18-19-14(20)21)12-6-1-2-7-16-12/h1-9H,(H,19,21)/b17-9-. The zero-order valence-corrected chi connectivity index (χ0v) is 13.2. The normalized spacial score (nSPS) is 11.1. The quantitative estimate of drug-likeness (QED) is 0.573. The highest BCUT2D eigenvalue weighted by Crippen LogP contribution is 2.14. The molecular formula is C14H10BrN5S. The average Bonchev–Trinajstić information content (AvgIpc) is 2.87. The van der Waals surface area contributed by atoms with Gasteiger partial charge in [-0.05, 0) is 42.0 Å². The van der Waals surface area contributed by atoms with E-state index in [0.29, 0.717) is 16.3 Å². The lowest BCUT2D eigenvalue weighted by molar-refractivity contribution is 0.867. The lowest BCUT2D eigenvalue weighted by atomic mass is 10.2. The van der Waals surface area contributed by atoms with E-state index < -0.39 is 0 Å². The highest BCUT2D eigenvalue weighted by Gasteiger charge is 2.08. The summed E-state index contributed by atoms with van der Waals surface area (Å²) in [5.74, 6) is 0.576. The van der Waals surface area contributed by atoms with Gasteiger partial charge in [-0.3, -0.25) is 4.98 Å². The van der Waals surface area contributed by atoms with E-state index in [-0.39, 0.29) is 0 Å². The Morgan fingerprint density at radius 1 is 1.24 bits per heavy atom. The first-order valence-electron chi connectivity index (χ1n) is 6.13. The molecule has 0 amide bonds. The molecule has 0 aliphatic heterocycles. The van der Waals surface area contributed by atoms with E-state index in [1.807, 2.05) is 42.5 Å². The molecule has 0 aliphatic rings. The summed E-state index contributed by atoms with van der Waals surface area (Å²) in [6, 6.07) is 13.4. The monoisotopic (exact) mass is 359 g/mol. The van der Waals surface area contributed by atoms with Gasteiger partial charge in [0.1, 0.15) is 5.69 Å². The Balaban J connectivity index is 2.00. The smallest absolute Gasteiger partial charge is 0.216 e. The van der Waals surface area contributed by atoms with Crippen LogP contribution in [0.25, 0.3) is 11.5 Å². The molecule has 0 spiro atoms. The Hall–Kier alpha value is -2.12. The van der Waals surface area contributed by atoms with E-state index in [9.17, 15) is 0 Å². The third-order valence-corrected chi connectivity index (χ3v) is 3.47. The molecule has 2 aromatic heterocycles. The fourth-order valence-electron chi connectivity index (χ4n) is 1.77. The summed E-state index contributed by atoms with van der Waals surface area (Å²) in [6.45, 7) is 0. The van der Waals surface area contributed by atoms with Gasteiger partial charge in [0.05, 0.1) is 6.21 Å². The second kappa shape index (κ2) is 6.11. The molecule has 104 valence electrons. The van der Waals surface area contributed by atoms with Crippen molar-refractivity contribution in [2.45, 2.75) is 0 Å². The van der Waals surface area contributed by atoms with Crippen LogP contribution in [0.4, 0.5) is 0 Å². The topological polar surface area (TPSA) is 58.9 Å². The minimum Gasteiger partial charge on any atom is -0.253 e. The molecule has 1 N–H and O–H groups in total. The molecule has 0 saturated heterocycles. The summed E-state index contributed by atoms with van der Waals surface area (Å²) in [5, 5.41) is 11.3. The summed E-state index contributed by atoms with van der Waals surface area (Å²) >= 11 is 8.64. The minimum atomic E-state index is 0.418. The number of hydrogen-bond donors (Lipinski definition) is 1. The number of nitrogens with zero attached hydrogens (tertiary/aromatic N) is 4. The van der Waals surface area contributed by atoms with Crippen LogP contribution in [0.5, 0.6) is 0 Å². The van der Waals surface area contributed by atoms with Gasteiger partial charge >= 0.3 is 0 Å². The fraction of sp³-hybridized carbons (Fsp3) is 0. The highest BCUT2D eigenvalue weighted by molar-refractivity contribution is 9.10. The van der Waals surface area contributed by atoms with Crippen LogP contribution < -0.4 is 0 Å². The molecule has 21 heavy (non-hydrogen) atoms. The number of nitrogens with one attached hydrogen (secondary N) is 1. The Bertz CT molecular complexity index is 838. The molecule has 2 heterocycles. The number of pyridine rings is 1. The molecule has 0 saturated carbocycles. The number of aromatic nitrogens is 4. The van der Waals surface area contributed by atoms with E-state index in [1.165, 1.54) is 0 Å². The molecule has 0 aliphatic carbocycles. The van der Waals surface area contributed by atoms with Crippen molar-refractivity contribution in [1.29, 1.82) is 0 Å². The van der Waals surface area contributed by atoms with E-state index in [1.54, 1.807) is 17.1 Å². The number of halogens is 1. The van der Waals surface area contributed by atoms with E-state index in [2.05, 4.69) is 36.2 Å². The first kappa shape index (κ1) is 13.8. The largest absolute Gasteiger partial charge is 0.253 e. The lowest BCUT2D eigenvalue weighted by Crippen LogP contribution is -1.96. The number of rotatable bonds is 3. The molecule has 1 aromatic carbocycles. The van der Waals surface area contributed by atoms with Crippen LogP contribution in [0.15, 0.2) is 58.2 Å². The SMILES string of the molecule is S=c1[nH]nc(-c2ccccn2)n1/N=C\c1cccc(Br)c1. The average molecular weight is 360 g/mol. The van der Waals surface area contributed by atoms with E-state index in [0.717, 1.165) is 10.0 Å². The first-order chi connectivity index (χ1) is 10.2. The van der Waals surface area contributed by atoms with Gasteiger partial charge in [0.15, 0.2) is 0 Å². The van der Waals surface area contributed by atoms with Crippen LogP contribution in [-0.2, 0) is 0 Å². The van der Waals surface area contributed by atoms with Gasteiger partial charge < -0.3 is 0 Å². The Labute approximate surface area is 134 Å². The summed E-state index contributed by atoms with van der Waals surface area (Å²) in [7, 11) is 0. The summed E-state index contributed by atoms with van der Waals surface area (Å²) in [5.41, 5.74) is 1.66. The first-order valence-corrected chi connectivity index (χ1v) is 7.33. The maximum atomic E-state index is 5.21. The van der Waals surface area contributed by atoms with Crippen LogP contribution in [0.1, 0.15) is 5.56 Å². The Kier molecular flexibility index (Phi) is 4.03. The van der Waals surface area contributed by atoms with E-state index >= 15 is 0 Å². The zero-order chi connectivity index (χ0) is 14.7. The molecular weight excluding hydrogens is 350 g/mol. The Morgan fingerprint density at radius 2 is 2.14 bits per heavy atom. The minimum absolute atomic E-state index is 0.418. The van der Waals surface area contributed by atoms with Crippen LogP contribution in [-0.4, -0.2) is 26.1 Å². The zero-order valence-electron chi connectivity index (χ0n) is 10.8. The predicted octanol–water partition coefficient (Wildman–Crippen LogP) is 3.65. The maximum absolute atomic E-state index is 5.21. The lowest BCUT2D eigenvalue weighted by Gasteiger charge is -1.99. The van der Waals surface area contributed by atoms with Gasteiger partial charge in [0.25, 0.3) is 0 Å². The number of hydrogen-bond acceptors (Lipinski definition) is 4. The van der Waals surface area contributed by atoms with Gasteiger partial charge in [-0.2, -0.15) is 14.9 Å². The summed E-state index contributed by atoms with van der Waals surface area (Å²) < 4.78 is 2.97. The molecule has 7 heteroatoms. The van der Waals surface area contributed by atoms with Crippen molar-refractivity contribution in [2.75, 3.05) is 0 Å². The number of benzene rings is 1. The van der Waals surface area contributed by atoms with Gasteiger partial charge in [0.2, 0.25) is 10.6 Å². The molecule has 0 fully saturated rings. The van der Waals surface area contributed by atoms with Crippen molar-refractivity contribution in [1.82, 2.24) is 19.9 Å². The second-order valence-corrected chi connectivity index (χ2v) is 5.48. The van der Waals surface area contributed by atoms with Gasteiger partial charge in [-0.15, -0.1) is 0 Å². The van der Waals surface area contributed by atoms with Gasteiger partial charge in [-0.25, -0.2) is 5.10 Å². The Morgan fingerprint density at radius 3 is 2.90 bits per heavy atom. The van der Waals surface area contributed by atoms with Crippen LogP contribution in [0, 0.1) is 4.77 Å². The van der Waals surface area contributed by atoms with Gasteiger partial charge in [-0.1, -0.05) is 34.1 Å².